The number of benzene rings is 2. The molecule has 9 heteroatoms. The zero-order chi connectivity index (χ0) is 24.0. The quantitative estimate of drug-likeness (QED) is 0.532. The maximum Gasteiger partial charge on any atom is 0.316 e. The minimum absolute atomic E-state index is 0.00238. The van der Waals surface area contributed by atoms with Crippen molar-refractivity contribution in [3.63, 3.8) is 0 Å². The summed E-state index contributed by atoms with van der Waals surface area (Å²) in [6, 6.07) is 16.0. The monoisotopic (exact) mass is 495 g/mol. The minimum Gasteiger partial charge on any atom is -0.378 e. The molecule has 0 saturated carbocycles. The van der Waals surface area contributed by atoms with Gasteiger partial charge >= 0.3 is 11.8 Å². The molecule has 2 aromatic carbocycles. The summed E-state index contributed by atoms with van der Waals surface area (Å²) in [7, 11) is 0. The molecule has 0 aliphatic carbocycles. The zero-order valence-corrected chi connectivity index (χ0v) is 20.4. The molecular formula is C26H30ClN5O3. The van der Waals surface area contributed by atoms with Gasteiger partial charge in [0.05, 0.1) is 13.2 Å². The van der Waals surface area contributed by atoms with Crippen LogP contribution in [0.25, 0.3) is 11.4 Å². The van der Waals surface area contributed by atoms with Crippen molar-refractivity contribution in [3.05, 3.63) is 65.0 Å². The van der Waals surface area contributed by atoms with Crippen molar-refractivity contribution < 1.29 is 14.1 Å². The van der Waals surface area contributed by atoms with Gasteiger partial charge in [0.2, 0.25) is 5.82 Å². The van der Waals surface area contributed by atoms with Gasteiger partial charge in [-0.15, -0.1) is 0 Å². The van der Waals surface area contributed by atoms with E-state index >= 15 is 0 Å². The SMILES string of the molecule is O=C(NCC1CCN(Cc2ccc(Cl)cc2)CC1)c1nc(-c2ccc(N3CCOCC3)cc2)no1. The molecule has 3 heterocycles. The number of carbonyl (C=O) groups excluding carboxylic acids is 1. The fraction of sp³-hybridized carbons (Fsp3) is 0.423. The van der Waals surface area contributed by atoms with Crippen molar-refractivity contribution in [2.75, 3.05) is 50.8 Å². The summed E-state index contributed by atoms with van der Waals surface area (Å²) in [6.45, 7) is 6.80. The van der Waals surface area contributed by atoms with E-state index in [1.807, 2.05) is 36.4 Å². The highest BCUT2D eigenvalue weighted by Gasteiger charge is 2.22. The maximum atomic E-state index is 12.6. The summed E-state index contributed by atoms with van der Waals surface area (Å²) in [4.78, 5) is 21.6. The second-order valence-corrected chi connectivity index (χ2v) is 9.56. The van der Waals surface area contributed by atoms with Crippen LogP contribution in [-0.2, 0) is 11.3 Å². The Morgan fingerprint density at radius 3 is 2.43 bits per heavy atom. The van der Waals surface area contributed by atoms with Gasteiger partial charge in [-0.1, -0.05) is 28.9 Å². The Balaban J connectivity index is 1.08. The molecule has 2 aliphatic rings. The average Bonchev–Trinajstić information content (AvgIpc) is 3.41. The van der Waals surface area contributed by atoms with Gasteiger partial charge in [-0.25, -0.2) is 0 Å². The first kappa shape index (κ1) is 23.8. The number of hydrogen-bond acceptors (Lipinski definition) is 7. The molecule has 0 spiro atoms. The fourth-order valence-corrected chi connectivity index (χ4v) is 4.71. The third-order valence-electron chi connectivity index (χ3n) is 6.70. The molecule has 35 heavy (non-hydrogen) atoms. The number of halogens is 1. The summed E-state index contributed by atoms with van der Waals surface area (Å²) in [5, 5.41) is 7.74. The van der Waals surface area contributed by atoms with Gasteiger partial charge in [-0.05, 0) is 73.8 Å². The standard InChI is InChI=1S/C26H30ClN5O3/c27-22-5-1-20(2-6-22)18-31-11-9-19(10-12-31)17-28-25(33)26-29-24(30-35-26)21-3-7-23(8-4-21)32-13-15-34-16-14-32/h1-8,19H,9-18H2,(H,28,33). The van der Waals surface area contributed by atoms with Crippen LogP contribution in [0, 0.1) is 5.92 Å². The first-order valence-electron chi connectivity index (χ1n) is 12.2. The average molecular weight is 496 g/mol. The van der Waals surface area contributed by atoms with Crippen LogP contribution in [0.3, 0.4) is 0 Å². The largest absolute Gasteiger partial charge is 0.378 e. The van der Waals surface area contributed by atoms with Crippen LogP contribution in [0.2, 0.25) is 5.02 Å². The number of amides is 1. The van der Waals surface area contributed by atoms with E-state index in [1.165, 1.54) is 5.56 Å². The van der Waals surface area contributed by atoms with Crippen LogP contribution in [0.1, 0.15) is 29.1 Å². The molecule has 3 aromatic rings. The van der Waals surface area contributed by atoms with Gasteiger partial charge < -0.3 is 19.5 Å². The van der Waals surface area contributed by atoms with Gasteiger partial charge in [0.1, 0.15) is 0 Å². The number of morpholine rings is 1. The lowest BCUT2D eigenvalue weighted by Gasteiger charge is -2.32. The number of carbonyl (C=O) groups is 1. The Morgan fingerprint density at radius 1 is 1.00 bits per heavy atom. The number of aromatic nitrogens is 2. The number of rotatable bonds is 7. The molecule has 0 atom stereocenters. The predicted molar refractivity (Wildman–Crippen MR) is 135 cm³/mol. The third-order valence-corrected chi connectivity index (χ3v) is 6.95. The summed E-state index contributed by atoms with van der Waals surface area (Å²) in [5.74, 6) is 0.532. The molecule has 1 amide bonds. The number of likely N-dealkylation sites (tertiary alicyclic amines) is 1. The highest BCUT2D eigenvalue weighted by Crippen LogP contribution is 2.23. The summed E-state index contributed by atoms with van der Waals surface area (Å²) >= 11 is 5.97. The number of anilines is 1. The molecule has 0 unspecified atom stereocenters. The Kier molecular flexibility index (Phi) is 7.61. The molecule has 1 N–H and O–H groups in total. The Hall–Kier alpha value is -2.94. The Labute approximate surface area is 210 Å². The molecule has 0 radical (unpaired) electrons. The van der Waals surface area contributed by atoms with Crippen molar-refractivity contribution in [1.29, 1.82) is 0 Å². The van der Waals surface area contributed by atoms with E-state index in [0.717, 1.165) is 75.1 Å². The van der Waals surface area contributed by atoms with Crippen molar-refractivity contribution in [2.45, 2.75) is 19.4 Å². The molecule has 5 rings (SSSR count). The molecule has 0 bridgehead atoms. The summed E-state index contributed by atoms with van der Waals surface area (Å²) in [5.41, 5.74) is 3.22. The van der Waals surface area contributed by atoms with Gasteiger partial charge in [0.25, 0.3) is 0 Å². The van der Waals surface area contributed by atoms with Crippen LogP contribution in [0.5, 0.6) is 0 Å². The Bertz CT molecular complexity index is 1100. The van der Waals surface area contributed by atoms with Gasteiger partial charge in [-0.3, -0.25) is 9.69 Å². The number of nitrogens with one attached hydrogen (secondary N) is 1. The normalized spacial score (nSPS) is 17.5. The summed E-state index contributed by atoms with van der Waals surface area (Å²) in [6.07, 6.45) is 2.08. The molecule has 184 valence electrons. The topological polar surface area (TPSA) is 83.7 Å². The van der Waals surface area contributed by atoms with E-state index in [-0.39, 0.29) is 11.8 Å². The van der Waals surface area contributed by atoms with E-state index in [4.69, 9.17) is 20.9 Å². The van der Waals surface area contributed by atoms with Crippen LogP contribution in [-0.4, -0.2) is 66.9 Å². The van der Waals surface area contributed by atoms with Gasteiger partial charge in [0, 0.05) is 42.5 Å². The molecule has 1 aromatic heterocycles. The lowest BCUT2D eigenvalue weighted by Crippen LogP contribution is -2.38. The predicted octanol–water partition coefficient (Wildman–Crippen LogP) is 3.87. The van der Waals surface area contributed by atoms with Crippen LogP contribution in [0.15, 0.2) is 53.1 Å². The number of hydrogen-bond donors (Lipinski definition) is 1. The molecular weight excluding hydrogens is 466 g/mol. The van der Waals surface area contributed by atoms with Crippen LogP contribution >= 0.6 is 11.6 Å². The highest BCUT2D eigenvalue weighted by molar-refractivity contribution is 6.30. The number of nitrogens with zero attached hydrogens (tertiary/aromatic N) is 4. The number of piperidine rings is 1. The fourth-order valence-electron chi connectivity index (χ4n) is 4.59. The van der Waals surface area contributed by atoms with E-state index in [2.05, 4.69) is 37.4 Å². The van der Waals surface area contributed by atoms with E-state index in [0.29, 0.717) is 18.3 Å². The smallest absolute Gasteiger partial charge is 0.316 e. The van der Waals surface area contributed by atoms with E-state index < -0.39 is 0 Å². The third kappa shape index (κ3) is 6.20. The second kappa shape index (κ2) is 11.2. The lowest BCUT2D eigenvalue weighted by molar-refractivity contribution is 0.0891. The number of ether oxygens (including phenoxy) is 1. The van der Waals surface area contributed by atoms with E-state index in [1.54, 1.807) is 0 Å². The van der Waals surface area contributed by atoms with E-state index in [9.17, 15) is 4.79 Å². The second-order valence-electron chi connectivity index (χ2n) is 9.13. The zero-order valence-electron chi connectivity index (χ0n) is 19.7. The van der Waals surface area contributed by atoms with Crippen molar-refractivity contribution in [3.8, 4) is 11.4 Å². The molecule has 2 fully saturated rings. The van der Waals surface area contributed by atoms with Crippen molar-refractivity contribution in [2.24, 2.45) is 5.92 Å². The van der Waals surface area contributed by atoms with Crippen molar-refractivity contribution in [1.82, 2.24) is 20.4 Å². The summed E-state index contributed by atoms with van der Waals surface area (Å²) < 4.78 is 10.7. The molecule has 2 saturated heterocycles. The maximum absolute atomic E-state index is 12.6. The minimum atomic E-state index is -0.322. The first-order valence-corrected chi connectivity index (χ1v) is 12.5. The van der Waals surface area contributed by atoms with Crippen LogP contribution in [0.4, 0.5) is 5.69 Å². The van der Waals surface area contributed by atoms with Crippen molar-refractivity contribution >= 4 is 23.2 Å². The Morgan fingerprint density at radius 2 is 1.71 bits per heavy atom. The first-order chi connectivity index (χ1) is 17.1. The van der Waals surface area contributed by atoms with Crippen LogP contribution < -0.4 is 10.2 Å². The van der Waals surface area contributed by atoms with Gasteiger partial charge in [-0.2, -0.15) is 4.98 Å². The molecule has 8 nitrogen and oxygen atoms in total. The lowest BCUT2D eigenvalue weighted by atomic mass is 9.96. The molecule has 2 aliphatic heterocycles. The van der Waals surface area contributed by atoms with Gasteiger partial charge in [0.15, 0.2) is 0 Å². The highest BCUT2D eigenvalue weighted by atomic mass is 35.5.